The van der Waals surface area contributed by atoms with Gasteiger partial charge in [-0.15, -0.1) is 0 Å². The van der Waals surface area contributed by atoms with E-state index in [0.717, 1.165) is 25.7 Å². The van der Waals surface area contributed by atoms with Crippen molar-refractivity contribution in [3.05, 3.63) is 0 Å². The van der Waals surface area contributed by atoms with Crippen molar-refractivity contribution >= 4 is 5.91 Å². The monoisotopic (exact) mass is 624 g/mol. The van der Waals surface area contributed by atoms with Crippen LogP contribution in [-0.2, 0) is 4.79 Å². The van der Waals surface area contributed by atoms with Gasteiger partial charge in [0.15, 0.2) is 0 Å². The second kappa shape index (κ2) is 36.9. The summed E-state index contributed by atoms with van der Waals surface area (Å²) in [7, 11) is 0. The summed E-state index contributed by atoms with van der Waals surface area (Å²) in [4.78, 5) is 12.4. The summed E-state index contributed by atoms with van der Waals surface area (Å²) in [5.41, 5.74) is 0. The molecular formula is C40H81NO3. The third-order valence-electron chi connectivity index (χ3n) is 9.62. The van der Waals surface area contributed by atoms with Gasteiger partial charge in [0.25, 0.3) is 0 Å². The fourth-order valence-corrected chi connectivity index (χ4v) is 6.48. The molecule has 0 fully saturated rings. The van der Waals surface area contributed by atoms with Crippen molar-refractivity contribution in [1.29, 1.82) is 0 Å². The van der Waals surface area contributed by atoms with Crippen molar-refractivity contribution in [2.75, 3.05) is 6.61 Å². The van der Waals surface area contributed by atoms with Gasteiger partial charge in [0.05, 0.1) is 18.8 Å². The van der Waals surface area contributed by atoms with Crippen LogP contribution >= 0.6 is 0 Å². The number of nitrogens with one attached hydrogen (secondary N) is 1. The van der Waals surface area contributed by atoms with Crippen LogP contribution in [0.1, 0.15) is 232 Å². The minimum atomic E-state index is -0.651. The standard InChI is InChI=1S/C40H81NO3/c1-3-5-7-9-11-13-15-17-19-20-21-22-24-26-28-30-32-34-36-40(44)41-38(37-42)39(43)35-33-31-29-27-25-23-18-16-14-12-10-8-6-4-2/h38-39,42-43H,3-37H2,1-2H3,(H,41,44)/t38-,39+/m0/s1. The molecular weight excluding hydrogens is 542 g/mol. The summed E-state index contributed by atoms with van der Waals surface area (Å²) in [5.74, 6) is -0.0273. The molecule has 0 aromatic heterocycles. The van der Waals surface area contributed by atoms with E-state index in [1.807, 2.05) is 0 Å². The van der Waals surface area contributed by atoms with Gasteiger partial charge in [-0.05, 0) is 12.8 Å². The first-order valence-corrected chi connectivity index (χ1v) is 20.2. The first kappa shape index (κ1) is 43.4. The number of aliphatic hydroxyl groups is 2. The summed E-state index contributed by atoms with van der Waals surface area (Å²) in [5, 5.41) is 23.1. The molecule has 264 valence electrons. The van der Waals surface area contributed by atoms with E-state index >= 15 is 0 Å². The predicted molar refractivity (Wildman–Crippen MR) is 193 cm³/mol. The van der Waals surface area contributed by atoms with Gasteiger partial charge in [-0.1, -0.05) is 213 Å². The number of carbonyl (C=O) groups excluding carboxylic acids is 1. The molecule has 0 aliphatic carbocycles. The molecule has 4 nitrogen and oxygen atoms in total. The lowest BCUT2D eigenvalue weighted by Crippen LogP contribution is -2.45. The van der Waals surface area contributed by atoms with Crippen LogP contribution in [0.4, 0.5) is 0 Å². The van der Waals surface area contributed by atoms with E-state index in [0.29, 0.717) is 12.8 Å². The second-order valence-electron chi connectivity index (χ2n) is 14.1. The molecule has 0 aliphatic heterocycles. The quantitative estimate of drug-likeness (QED) is 0.0603. The molecule has 4 heteroatoms. The summed E-state index contributed by atoms with van der Waals surface area (Å²) < 4.78 is 0. The molecule has 0 spiro atoms. The van der Waals surface area contributed by atoms with Crippen molar-refractivity contribution in [1.82, 2.24) is 5.32 Å². The maximum absolute atomic E-state index is 12.4. The zero-order valence-electron chi connectivity index (χ0n) is 30.2. The van der Waals surface area contributed by atoms with Gasteiger partial charge < -0.3 is 15.5 Å². The Bertz CT molecular complexity index is 555. The molecule has 3 N–H and O–H groups in total. The van der Waals surface area contributed by atoms with Gasteiger partial charge in [0.1, 0.15) is 0 Å². The minimum absolute atomic E-state index is 0.0273. The highest BCUT2D eigenvalue weighted by Crippen LogP contribution is 2.16. The molecule has 0 bridgehead atoms. The normalized spacial score (nSPS) is 12.9. The molecule has 0 saturated heterocycles. The van der Waals surface area contributed by atoms with E-state index in [4.69, 9.17) is 0 Å². The number of hydrogen-bond donors (Lipinski definition) is 3. The molecule has 1 amide bonds. The third-order valence-corrected chi connectivity index (χ3v) is 9.62. The van der Waals surface area contributed by atoms with E-state index in [-0.39, 0.29) is 12.5 Å². The van der Waals surface area contributed by atoms with E-state index in [1.165, 1.54) is 180 Å². The van der Waals surface area contributed by atoms with Crippen LogP contribution in [0.15, 0.2) is 0 Å². The van der Waals surface area contributed by atoms with Gasteiger partial charge in [-0.25, -0.2) is 0 Å². The Morgan fingerprint density at radius 2 is 0.727 bits per heavy atom. The lowest BCUT2D eigenvalue weighted by atomic mass is 10.0. The van der Waals surface area contributed by atoms with Crippen molar-refractivity contribution in [2.24, 2.45) is 0 Å². The highest BCUT2D eigenvalue weighted by Gasteiger charge is 2.19. The molecule has 0 aliphatic rings. The molecule has 0 saturated carbocycles. The van der Waals surface area contributed by atoms with Gasteiger partial charge in [0, 0.05) is 6.42 Å². The molecule has 0 heterocycles. The molecule has 0 unspecified atom stereocenters. The Morgan fingerprint density at radius 3 is 1.02 bits per heavy atom. The summed E-state index contributed by atoms with van der Waals surface area (Å²) in [6, 6.07) is -0.528. The van der Waals surface area contributed by atoms with E-state index in [1.54, 1.807) is 0 Å². The van der Waals surface area contributed by atoms with Crippen LogP contribution in [0.25, 0.3) is 0 Å². The number of hydrogen-bond acceptors (Lipinski definition) is 3. The first-order chi connectivity index (χ1) is 21.7. The zero-order chi connectivity index (χ0) is 32.2. The van der Waals surface area contributed by atoms with Crippen LogP contribution in [0, 0.1) is 0 Å². The number of carbonyl (C=O) groups is 1. The molecule has 0 rings (SSSR count). The Balaban J connectivity index is 3.49. The number of aliphatic hydroxyl groups excluding tert-OH is 2. The molecule has 2 atom stereocenters. The van der Waals surface area contributed by atoms with E-state index < -0.39 is 12.1 Å². The highest BCUT2D eigenvalue weighted by molar-refractivity contribution is 5.76. The average molecular weight is 624 g/mol. The summed E-state index contributed by atoms with van der Waals surface area (Å²) in [6.45, 7) is 4.37. The number of amides is 1. The third kappa shape index (κ3) is 32.8. The topological polar surface area (TPSA) is 69.6 Å². The van der Waals surface area contributed by atoms with E-state index in [2.05, 4.69) is 19.2 Å². The van der Waals surface area contributed by atoms with Crippen molar-refractivity contribution < 1.29 is 15.0 Å². The minimum Gasteiger partial charge on any atom is -0.394 e. The van der Waals surface area contributed by atoms with Gasteiger partial charge in [-0.3, -0.25) is 4.79 Å². The first-order valence-electron chi connectivity index (χ1n) is 20.2. The van der Waals surface area contributed by atoms with Gasteiger partial charge in [0.2, 0.25) is 5.91 Å². The predicted octanol–water partition coefficient (Wildman–Crippen LogP) is 12.1. The number of unbranched alkanes of at least 4 members (excludes halogenated alkanes) is 30. The molecule has 0 radical (unpaired) electrons. The Hall–Kier alpha value is -0.610. The van der Waals surface area contributed by atoms with Crippen LogP contribution in [0.5, 0.6) is 0 Å². The molecule has 44 heavy (non-hydrogen) atoms. The largest absolute Gasteiger partial charge is 0.394 e. The van der Waals surface area contributed by atoms with Crippen LogP contribution in [0.3, 0.4) is 0 Å². The van der Waals surface area contributed by atoms with Crippen molar-refractivity contribution in [3.63, 3.8) is 0 Å². The van der Waals surface area contributed by atoms with Crippen molar-refractivity contribution in [3.8, 4) is 0 Å². The smallest absolute Gasteiger partial charge is 0.220 e. The summed E-state index contributed by atoms with van der Waals surface area (Å²) in [6.07, 6.45) is 43.1. The summed E-state index contributed by atoms with van der Waals surface area (Å²) >= 11 is 0. The number of rotatable bonds is 37. The zero-order valence-corrected chi connectivity index (χ0v) is 30.2. The van der Waals surface area contributed by atoms with Crippen LogP contribution in [-0.4, -0.2) is 34.9 Å². The van der Waals surface area contributed by atoms with E-state index in [9.17, 15) is 15.0 Å². The fraction of sp³-hybridized carbons (Fsp3) is 0.975. The van der Waals surface area contributed by atoms with Crippen molar-refractivity contribution in [2.45, 2.75) is 244 Å². The Labute approximate surface area is 276 Å². The van der Waals surface area contributed by atoms with Gasteiger partial charge >= 0.3 is 0 Å². The SMILES string of the molecule is CCCCCCCCCCCCCCCCCCCCC(=O)N[C@@H](CO)[C@H](O)CCCCCCCCCCCCCCCC. The Kier molecular flexibility index (Phi) is 36.3. The maximum Gasteiger partial charge on any atom is 0.220 e. The lowest BCUT2D eigenvalue weighted by Gasteiger charge is -2.22. The fourth-order valence-electron chi connectivity index (χ4n) is 6.48. The van der Waals surface area contributed by atoms with Crippen LogP contribution in [0.2, 0.25) is 0 Å². The van der Waals surface area contributed by atoms with Crippen LogP contribution < -0.4 is 5.32 Å². The second-order valence-corrected chi connectivity index (χ2v) is 14.1. The Morgan fingerprint density at radius 1 is 0.455 bits per heavy atom. The highest BCUT2D eigenvalue weighted by atomic mass is 16.3. The van der Waals surface area contributed by atoms with Gasteiger partial charge in [-0.2, -0.15) is 0 Å². The molecule has 0 aromatic carbocycles. The lowest BCUT2D eigenvalue weighted by molar-refractivity contribution is -0.123. The maximum atomic E-state index is 12.4. The molecule has 0 aromatic rings. The average Bonchev–Trinajstić information content (AvgIpc) is 3.03.